The van der Waals surface area contributed by atoms with Gasteiger partial charge in [-0.2, -0.15) is 0 Å². The number of anilines is 1. The molecule has 2 aromatic rings. The second kappa shape index (κ2) is 7.91. The largest absolute Gasteiger partial charge is 0.338 e. The molecule has 2 N–H and O–H groups in total. The second-order valence-electron chi connectivity index (χ2n) is 4.59. The lowest BCUT2D eigenvalue weighted by Gasteiger charge is -2.08. The van der Waals surface area contributed by atoms with Crippen molar-refractivity contribution in [3.05, 3.63) is 64.1 Å². The Bertz CT molecular complexity index is 617. The number of aryl methyl sites for hydroxylation is 1. The van der Waals surface area contributed by atoms with Crippen molar-refractivity contribution in [2.24, 2.45) is 0 Å². The van der Waals surface area contributed by atoms with E-state index in [2.05, 4.69) is 10.6 Å². The first-order valence-corrected chi connectivity index (χ1v) is 7.44. The highest BCUT2D eigenvalue weighted by molar-refractivity contribution is 6.31. The number of amides is 2. The molecule has 0 aliphatic heterocycles. The Hall–Kier alpha value is -1.71. The maximum absolute atomic E-state index is 11.7. The highest BCUT2D eigenvalue weighted by Crippen LogP contribution is 2.16. The highest BCUT2D eigenvalue weighted by atomic mass is 35.5. The molecule has 0 radical (unpaired) electrons. The summed E-state index contributed by atoms with van der Waals surface area (Å²) in [5, 5.41) is 6.89. The van der Waals surface area contributed by atoms with E-state index in [0.29, 0.717) is 17.3 Å². The number of halogens is 2. The summed E-state index contributed by atoms with van der Waals surface area (Å²) in [6, 6.07) is 14.5. The minimum Gasteiger partial charge on any atom is -0.338 e. The number of nitrogens with one attached hydrogen (secondary N) is 2. The summed E-state index contributed by atoms with van der Waals surface area (Å²) in [5.74, 6) is 0. The molecule has 0 fully saturated rings. The van der Waals surface area contributed by atoms with Gasteiger partial charge >= 0.3 is 6.03 Å². The van der Waals surface area contributed by atoms with E-state index >= 15 is 0 Å². The lowest BCUT2D eigenvalue weighted by molar-refractivity contribution is 0.252. The molecule has 0 spiro atoms. The topological polar surface area (TPSA) is 41.1 Å². The normalized spacial score (nSPS) is 10.2. The Morgan fingerprint density at radius 2 is 1.86 bits per heavy atom. The first-order chi connectivity index (χ1) is 10.1. The maximum Gasteiger partial charge on any atom is 0.319 e. The molecule has 0 unspecified atom stereocenters. The van der Waals surface area contributed by atoms with Crippen molar-refractivity contribution in [3.63, 3.8) is 0 Å². The van der Waals surface area contributed by atoms with Crippen LogP contribution in [0.15, 0.2) is 48.5 Å². The predicted octanol–water partition coefficient (Wildman–Crippen LogP) is 4.75. The van der Waals surface area contributed by atoms with Gasteiger partial charge in [-0.05, 0) is 42.7 Å². The third-order valence-corrected chi connectivity index (χ3v) is 3.55. The van der Waals surface area contributed by atoms with Crippen LogP contribution in [-0.4, -0.2) is 12.6 Å². The average Bonchev–Trinajstić information content (AvgIpc) is 2.45. The van der Waals surface area contributed by atoms with Crippen LogP contribution in [0.25, 0.3) is 0 Å². The van der Waals surface area contributed by atoms with Crippen LogP contribution in [0.4, 0.5) is 10.5 Å². The molecule has 0 saturated carbocycles. The summed E-state index contributed by atoms with van der Waals surface area (Å²) < 4.78 is 0. The highest BCUT2D eigenvalue weighted by Gasteiger charge is 2.02. The van der Waals surface area contributed by atoms with Crippen molar-refractivity contribution in [3.8, 4) is 0 Å². The fraction of sp³-hybridized carbons (Fsp3) is 0.188. The van der Waals surface area contributed by atoms with Gasteiger partial charge in [-0.3, -0.25) is 0 Å². The van der Waals surface area contributed by atoms with Crippen molar-refractivity contribution < 1.29 is 4.79 Å². The SMILES string of the molecule is O=C(NCCCc1ccccc1Cl)Nc1cccc(Cl)c1. The number of carbonyl (C=O) groups is 1. The fourth-order valence-electron chi connectivity index (χ4n) is 1.92. The van der Waals surface area contributed by atoms with Crippen LogP contribution in [0, 0.1) is 0 Å². The molecule has 5 heteroatoms. The van der Waals surface area contributed by atoms with E-state index < -0.39 is 0 Å². The van der Waals surface area contributed by atoms with E-state index in [0.717, 1.165) is 23.4 Å². The zero-order valence-corrected chi connectivity index (χ0v) is 12.9. The molecule has 21 heavy (non-hydrogen) atoms. The van der Waals surface area contributed by atoms with Crippen molar-refractivity contribution in [1.29, 1.82) is 0 Å². The smallest absolute Gasteiger partial charge is 0.319 e. The Labute approximate surface area is 134 Å². The Kier molecular flexibility index (Phi) is 5.90. The molecule has 0 saturated heterocycles. The second-order valence-corrected chi connectivity index (χ2v) is 5.43. The van der Waals surface area contributed by atoms with Crippen molar-refractivity contribution in [2.45, 2.75) is 12.8 Å². The molecule has 0 aliphatic rings. The van der Waals surface area contributed by atoms with E-state index in [1.165, 1.54) is 0 Å². The van der Waals surface area contributed by atoms with Gasteiger partial charge in [0, 0.05) is 22.3 Å². The van der Waals surface area contributed by atoms with Crippen molar-refractivity contribution in [1.82, 2.24) is 5.32 Å². The zero-order chi connectivity index (χ0) is 15.1. The number of hydrogen-bond donors (Lipinski definition) is 2. The van der Waals surface area contributed by atoms with Crippen LogP contribution in [0.2, 0.25) is 10.0 Å². The lowest BCUT2D eigenvalue weighted by Crippen LogP contribution is -2.29. The number of carbonyl (C=O) groups excluding carboxylic acids is 1. The standard InChI is InChI=1S/C16H16Cl2N2O/c17-13-7-3-8-14(11-13)20-16(21)19-10-4-6-12-5-1-2-9-15(12)18/h1-3,5,7-9,11H,4,6,10H2,(H2,19,20,21). The lowest BCUT2D eigenvalue weighted by atomic mass is 10.1. The van der Waals surface area contributed by atoms with Crippen molar-refractivity contribution >= 4 is 34.9 Å². The van der Waals surface area contributed by atoms with E-state index in [1.807, 2.05) is 24.3 Å². The van der Waals surface area contributed by atoms with Gasteiger partial charge in [0.2, 0.25) is 0 Å². The number of hydrogen-bond acceptors (Lipinski definition) is 1. The van der Waals surface area contributed by atoms with Gasteiger partial charge in [-0.1, -0.05) is 47.5 Å². The van der Waals surface area contributed by atoms with Crippen LogP contribution in [0.5, 0.6) is 0 Å². The molecule has 0 heterocycles. The van der Waals surface area contributed by atoms with Gasteiger partial charge in [0.1, 0.15) is 0 Å². The van der Waals surface area contributed by atoms with Gasteiger partial charge in [0.05, 0.1) is 0 Å². The number of rotatable bonds is 5. The van der Waals surface area contributed by atoms with E-state index in [1.54, 1.807) is 24.3 Å². The summed E-state index contributed by atoms with van der Waals surface area (Å²) in [7, 11) is 0. The summed E-state index contributed by atoms with van der Waals surface area (Å²) in [6.07, 6.45) is 1.66. The van der Waals surface area contributed by atoms with Crippen LogP contribution >= 0.6 is 23.2 Å². The Morgan fingerprint density at radius 3 is 2.62 bits per heavy atom. The Morgan fingerprint density at radius 1 is 1.05 bits per heavy atom. The molecular weight excluding hydrogens is 307 g/mol. The molecule has 3 nitrogen and oxygen atoms in total. The average molecular weight is 323 g/mol. The predicted molar refractivity (Wildman–Crippen MR) is 88.2 cm³/mol. The van der Waals surface area contributed by atoms with Gasteiger partial charge in [-0.25, -0.2) is 4.79 Å². The van der Waals surface area contributed by atoms with E-state index in [4.69, 9.17) is 23.2 Å². The van der Waals surface area contributed by atoms with E-state index in [9.17, 15) is 4.79 Å². The van der Waals surface area contributed by atoms with Gasteiger partial charge in [-0.15, -0.1) is 0 Å². The maximum atomic E-state index is 11.7. The molecule has 0 aromatic heterocycles. The van der Waals surface area contributed by atoms with Gasteiger partial charge < -0.3 is 10.6 Å². The Balaban J connectivity index is 1.71. The molecule has 2 aromatic carbocycles. The number of benzene rings is 2. The monoisotopic (exact) mass is 322 g/mol. The van der Waals surface area contributed by atoms with E-state index in [-0.39, 0.29) is 6.03 Å². The number of urea groups is 1. The quantitative estimate of drug-likeness (QED) is 0.766. The minimum absolute atomic E-state index is 0.239. The van der Waals surface area contributed by atoms with Gasteiger partial charge in [0.25, 0.3) is 0 Å². The van der Waals surface area contributed by atoms with Crippen LogP contribution in [-0.2, 0) is 6.42 Å². The minimum atomic E-state index is -0.239. The van der Waals surface area contributed by atoms with Crippen LogP contribution in [0.1, 0.15) is 12.0 Å². The van der Waals surface area contributed by atoms with Crippen LogP contribution in [0.3, 0.4) is 0 Å². The van der Waals surface area contributed by atoms with Crippen molar-refractivity contribution in [2.75, 3.05) is 11.9 Å². The fourth-order valence-corrected chi connectivity index (χ4v) is 2.34. The molecule has 2 amide bonds. The van der Waals surface area contributed by atoms with Crippen LogP contribution < -0.4 is 10.6 Å². The molecular formula is C16H16Cl2N2O. The third-order valence-electron chi connectivity index (χ3n) is 2.95. The molecule has 0 aliphatic carbocycles. The summed E-state index contributed by atoms with van der Waals surface area (Å²) in [5.41, 5.74) is 1.77. The summed E-state index contributed by atoms with van der Waals surface area (Å²) in [6.45, 7) is 0.581. The first-order valence-electron chi connectivity index (χ1n) is 6.69. The molecule has 110 valence electrons. The molecule has 0 atom stereocenters. The zero-order valence-electron chi connectivity index (χ0n) is 11.4. The summed E-state index contributed by atoms with van der Waals surface area (Å²) >= 11 is 11.9. The molecule has 0 bridgehead atoms. The summed E-state index contributed by atoms with van der Waals surface area (Å²) in [4.78, 5) is 11.7. The first kappa shape index (κ1) is 15.7. The molecule has 2 rings (SSSR count). The third kappa shape index (κ3) is 5.29. The van der Waals surface area contributed by atoms with Gasteiger partial charge in [0.15, 0.2) is 0 Å².